The summed E-state index contributed by atoms with van der Waals surface area (Å²) >= 11 is 0. The van der Waals surface area contributed by atoms with E-state index in [1.54, 1.807) is 0 Å². The minimum absolute atomic E-state index is 0.0284. The minimum Gasteiger partial charge on any atom is -0.346 e. The molecule has 0 bridgehead atoms. The van der Waals surface area contributed by atoms with Crippen LogP contribution in [0, 0.1) is 0 Å². The smallest absolute Gasteiger partial charge is 0.346 e. The average Bonchev–Trinajstić information content (AvgIpc) is 2.62. The number of anilines is 3. The number of hydrogen-bond acceptors (Lipinski definition) is 5. The molecule has 2 N–H and O–H groups in total. The van der Waals surface area contributed by atoms with Crippen molar-refractivity contribution in [3.05, 3.63) is 71.9 Å². The van der Waals surface area contributed by atoms with Gasteiger partial charge in [-0.25, -0.2) is 0 Å². The van der Waals surface area contributed by atoms with E-state index in [0.29, 0.717) is 17.5 Å². The Morgan fingerprint density at radius 3 is 2.31 bits per heavy atom. The van der Waals surface area contributed by atoms with E-state index < -0.39 is 11.7 Å². The molecular formula is C18H16F3N5. The van der Waals surface area contributed by atoms with Gasteiger partial charge in [-0.3, -0.25) is 0 Å². The molecule has 0 saturated carbocycles. The van der Waals surface area contributed by atoms with Crippen LogP contribution in [-0.4, -0.2) is 15.2 Å². The fourth-order valence-corrected chi connectivity index (χ4v) is 2.33. The molecule has 0 aliphatic rings. The highest BCUT2D eigenvalue weighted by Gasteiger charge is 2.29. The summed E-state index contributed by atoms with van der Waals surface area (Å²) in [6.07, 6.45) is -2.96. The Morgan fingerprint density at radius 1 is 0.962 bits per heavy atom. The van der Waals surface area contributed by atoms with Gasteiger partial charge < -0.3 is 10.6 Å². The lowest BCUT2D eigenvalue weighted by molar-refractivity contribution is -0.137. The summed E-state index contributed by atoms with van der Waals surface area (Å²) in [6, 6.07) is 14.4. The molecule has 2 aromatic carbocycles. The molecule has 1 aromatic heterocycles. The highest BCUT2D eigenvalue weighted by atomic mass is 19.4. The molecule has 0 radical (unpaired) electrons. The van der Waals surface area contributed by atoms with Gasteiger partial charge in [0.2, 0.25) is 5.95 Å². The Hall–Kier alpha value is -3.16. The van der Waals surface area contributed by atoms with Crippen molar-refractivity contribution in [3.8, 4) is 0 Å². The Balaban J connectivity index is 1.69. The molecule has 8 heteroatoms. The quantitative estimate of drug-likeness (QED) is 0.685. The molecule has 1 unspecified atom stereocenters. The van der Waals surface area contributed by atoms with Crippen LogP contribution in [0.4, 0.5) is 30.6 Å². The Kier molecular flexibility index (Phi) is 5.01. The van der Waals surface area contributed by atoms with Crippen LogP contribution in [0.25, 0.3) is 0 Å². The summed E-state index contributed by atoms with van der Waals surface area (Å²) in [5.74, 6) is 0.695. The lowest BCUT2D eigenvalue weighted by atomic mass is 10.1. The number of rotatable bonds is 5. The van der Waals surface area contributed by atoms with Crippen molar-refractivity contribution in [2.24, 2.45) is 0 Å². The zero-order chi connectivity index (χ0) is 18.6. The van der Waals surface area contributed by atoms with Gasteiger partial charge >= 0.3 is 6.18 Å². The van der Waals surface area contributed by atoms with Crippen molar-refractivity contribution in [1.82, 2.24) is 15.2 Å². The number of hydrogen-bond donors (Lipinski definition) is 2. The maximum absolute atomic E-state index is 12.6. The summed E-state index contributed by atoms with van der Waals surface area (Å²) in [4.78, 5) is 4.29. The first-order valence-corrected chi connectivity index (χ1v) is 7.87. The summed E-state index contributed by atoms with van der Waals surface area (Å²) in [5, 5.41) is 13.9. The maximum Gasteiger partial charge on any atom is 0.416 e. The summed E-state index contributed by atoms with van der Waals surface area (Å²) in [6.45, 7) is 1.97. The zero-order valence-corrected chi connectivity index (χ0v) is 13.8. The fraction of sp³-hybridized carbons (Fsp3) is 0.167. The van der Waals surface area contributed by atoms with E-state index in [9.17, 15) is 13.2 Å². The maximum atomic E-state index is 12.6. The summed E-state index contributed by atoms with van der Waals surface area (Å²) in [7, 11) is 0. The third-order valence-corrected chi connectivity index (χ3v) is 3.69. The second-order valence-corrected chi connectivity index (χ2v) is 5.64. The molecule has 1 atom stereocenters. The molecule has 3 aromatic rings. The highest BCUT2D eigenvalue weighted by molar-refractivity contribution is 5.56. The predicted molar refractivity (Wildman–Crippen MR) is 93.0 cm³/mol. The molecule has 0 saturated heterocycles. The van der Waals surface area contributed by atoms with Crippen molar-refractivity contribution >= 4 is 17.5 Å². The topological polar surface area (TPSA) is 62.7 Å². The first-order valence-electron chi connectivity index (χ1n) is 7.87. The highest BCUT2D eigenvalue weighted by Crippen LogP contribution is 2.30. The SMILES string of the molecule is CC(Nc1nncc(Nc2ccc(C(F)(F)F)cc2)n1)c1ccccc1. The van der Waals surface area contributed by atoms with Gasteiger partial charge in [0.15, 0.2) is 5.82 Å². The van der Waals surface area contributed by atoms with Crippen molar-refractivity contribution in [3.63, 3.8) is 0 Å². The number of halogens is 3. The second-order valence-electron chi connectivity index (χ2n) is 5.64. The molecule has 26 heavy (non-hydrogen) atoms. The van der Waals surface area contributed by atoms with Crippen LogP contribution in [0.2, 0.25) is 0 Å². The van der Waals surface area contributed by atoms with Gasteiger partial charge in [-0.15, -0.1) is 5.10 Å². The van der Waals surface area contributed by atoms with Crippen LogP contribution < -0.4 is 10.6 Å². The van der Waals surface area contributed by atoms with Crippen molar-refractivity contribution in [2.45, 2.75) is 19.1 Å². The minimum atomic E-state index is -4.36. The van der Waals surface area contributed by atoms with Gasteiger partial charge in [-0.2, -0.15) is 23.3 Å². The molecule has 5 nitrogen and oxygen atoms in total. The largest absolute Gasteiger partial charge is 0.416 e. The summed E-state index contributed by atoms with van der Waals surface area (Å²) < 4.78 is 37.8. The number of aromatic nitrogens is 3. The van der Waals surface area contributed by atoms with Crippen LogP contribution in [0.5, 0.6) is 0 Å². The number of benzene rings is 2. The number of nitrogens with zero attached hydrogens (tertiary/aromatic N) is 3. The van der Waals surface area contributed by atoms with Crippen molar-refractivity contribution < 1.29 is 13.2 Å². The molecule has 1 heterocycles. The second kappa shape index (κ2) is 7.38. The van der Waals surface area contributed by atoms with Gasteiger partial charge in [0.25, 0.3) is 0 Å². The fourth-order valence-electron chi connectivity index (χ4n) is 2.33. The first kappa shape index (κ1) is 17.7. The zero-order valence-electron chi connectivity index (χ0n) is 13.8. The number of nitrogens with one attached hydrogen (secondary N) is 2. The molecule has 0 aliphatic heterocycles. The molecule has 3 rings (SSSR count). The third-order valence-electron chi connectivity index (χ3n) is 3.69. The van der Waals surface area contributed by atoms with Gasteiger partial charge in [-0.05, 0) is 36.8 Å². The molecule has 0 fully saturated rings. The van der Waals surface area contributed by atoms with E-state index in [1.807, 2.05) is 37.3 Å². The van der Waals surface area contributed by atoms with Gasteiger partial charge in [-0.1, -0.05) is 30.3 Å². The van der Waals surface area contributed by atoms with Crippen LogP contribution in [0.1, 0.15) is 24.1 Å². The summed E-state index contributed by atoms with van der Waals surface area (Å²) in [5.41, 5.74) is 0.834. The molecule has 0 spiro atoms. The van der Waals surface area contributed by atoms with Crippen molar-refractivity contribution in [1.29, 1.82) is 0 Å². The average molecular weight is 359 g/mol. The van der Waals surface area contributed by atoms with Crippen LogP contribution in [0.3, 0.4) is 0 Å². The number of alkyl halides is 3. The van der Waals surface area contributed by atoms with E-state index in [-0.39, 0.29) is 6.04 Å². The van der Waals surface area contributed by atoms with E-state index in [0.717, 1.165) is 17.7 Å². The normalized spacial score (nSPS) is 12.5. The molecule has 134 valence electrons. The lowest BCUT2D eigenvalue weighted by Gasteiger charge is -2.14. The van der Waals surface area contributed by atoms with Gasteiger partial charge in [0, 0.05) is 5.69 Å². The van der Waals surface area contributed by atoms with Crippen molar-refractivity contribution in [2.75, 3.05) is 10.6 Å². The van der Waals surface area contributed by atoms with Crippen LogP contribution >= 0.6 is 0 Å². The Bertz CT molecular complexity index is 851. The van der Waals surface area contributed by atoms with Gasteiger partial charge in [0.05, 0.1) is 17.8 Å². The Labute approximate surface area is 148 Å². The van der Waals surface area contributed by atoms with Gasteiger partial charge in [0.1, 0.15) is 0 Å². The predicted octanol–water partition coefficient (Wildman–Crippen LogP) is 4.81. The van der Waals surface area contributed by atoms with Crippen LogP contribution in [-0.2, 0) is 6.18 Å². The third kappa shape index (κ3) is 4.47. The molecule has 0 aliphatic carbocycles. The Morgan fingerprint density at radius 2 is 1.65 bits per heavy atom. The lowest BCUT2D eigenvalue weighted by Crippen LogP contribution is -2.11. The monoisotopic (exact) mass is 359 g/mol. The molecule has 0 amide bonds. The van der Waals surface area contributed by atoms with E-state index in [2.05, 4.69) is 25.8 Å². The first-order chi connectivity index (χ1) is 12.4. The van der Waals surface area contributed by atoms with E-state index >= 15 is 0 Å². The standard InChI is InChI=1S/C18H16F3N5/c1-12(13-5-3-2-4-6-13)23-17-25-16(11-22-26-17)24-15-9-7-14(8-10-15)18(19,20)21/h2-12H,1H3,(H2,23,24,25,26). The van der Waals surface area contributed by atoms with E-state index in [4.69, 9.17) is 0 Å². The van der Waals surface area contributed by atoms with Crippen LogP contribution in [0.15, 0.2) is 60.8 Å². The molecular weight excluding hydrogens is 343 g/mol. The van der Waals surface area contributed by atoms with E-state index in [1.165, 1.54) is 18.3 Å².